The van der Waals surface area contributed by atoms with Crippen LogP contribution in [0.5, 0.6) is 0 Å². The van der Waals surface area contributed by atoms with Crippen LogP contribution in [0.3, 0.4) is 0 Å². The van der Waals surface area contributed by atoms with Gasteiger partial charge in [0.15, 0.2) is 0 Å². The van der Waals surface area contributed by atoms with Crippen LogP contribution in [0.25, 0.3) is 0 Å². The Morgan fingerprint density at radius 1 is 1.29 bits per heavy atom. The summed E-state index contributed by atoms with van der Waals surface area (Å²) in [6.45, 7) is 6.35. The number of nitrogens with two attached hydrogens (primary N) is 1. The number of nitrogens with zero attached hydrogens (tertiary/aromatic N) is 1. The maximum absolute atomic E-state index is 13.0. The molecule has 0 aromatic carbocycles. The molecule has 132 valence electrons. The molecule has 1 heterocycles. The predicted octanol–water partition coefficient (Wildman–Crippen LogP) is 3.36. The SMILES string of the molecule is Cc1cccnc1C(NC(=O)C1CC2CCCC(C1)C2N)C(C)C. The predicted molar refractivity (Wildman–Crippen MR) is 96.2 cm³/mol. The molecule has 2 aliphatic carbocycles. The van der Waals surface area contributed by atoms with Gasteiger partial charge in [-0.3, -0.25) is 9.78 Å². The molecule has 1 amide bonds. The van der Waals surface area contributed by atoms with Gasteiger partial charge in [-0.2, -0.15) is 0 Å². The highest BCUT2D eigenvalue weighted by atomic mass is 16.2. The Morgan fingerprint density at radius 2 is 1.96 bits per heavy atom. The van der Waals surface area contributed by atoms with Gasteiger partial charge >= 0.3 is 0 Å². The Morgan fingerprint density at radius 3 is 2.54 bits per heavy atom. The third-order valence-corrected chi connectivity index (χ3v) is 6.09. The minimum absolute atomic E-state index is 0.0193. The first kappa shape index (κ1) is 17.4. The highest BCUT2D eigenvalue weighted by Crippen LogP contribution is 2.42. The van der Waals surface area contributed by atoms with Gasteiger partial charge in [-0.15, -0.1) is 0 Å². The van der Waals surface area contributed by atoms with Crippen molar-refractivity contribution >= 4 is 5.91 Å². The topological polar surface area (TPSA) is 68.0 Å². The first-order valence-corrected chi connectivity index (χ1v) is 9.44. The highest BCUT2D eigenvalue weighted by molar-refractivity contribution is 5.79. The summed E-state index contributed by atoms with van der Waals surface area (Å²) in [5, 5.41) is 3.31. The number of pyridine rings is 1. The van der Waals surface area contributed by atoms with Gasteiger partial charge in [0.2, 0.25) is 5.91 Å². The van der Waals surface area contributed by atoms with Gasteiger partial charge in [-0.25, -0.2) is 0 Å². The zero-order valence-corrected chi connectivity index (χ0v) is 15.2. The molecule has 2 aliphatic rings. The van der Waals surface area contributed by atoms with Gasteiger partial charge in [0, 0.05) is 18.2 Å². The number of carbonyl (C=O) groups excluding carboxylic acids is 1. The number of amides is 1. The standard InChI is InChI=1S/C20H31N3O/c1-12(2)18(19-13(3)6-5-9-22-19)23-20(24)16-10-14-7-4-8-15(11-16)17(14)21/h5-6,9,12,14-18H,4,7-8,10-11,21H2,1-3H3,(H,23,24). The fourth-order valence-corrected chi connectivity index (χ4v) is 4.65. The van der Waals surface area contributed by atoms with Gasteiger partial charge in [-0.1, -0.05) is 26.3 Å². The van der Waals surface area contributed by atoms with E-state index in [4.69, 9.17) is 5.73 Å². The molecule has 24 heavy (non-hydrogen) atoms. The number of nitrogens with one attached hydrogen (secondary N) is 1. The number of hydrogen-bond donors (Lipinski definition) is 2. The van der Waals surface area contributed by atoms with Crippen LogP contribution in [0.4, 0.5) is 0 Å². The molecule has 1 aromatic heterocycles. The second-order valence-electron chi connectivity index (χ2n) is 8.13. The van der Waals surface area contributed by atoms with E-state index in [0.29, 0.717) is 23.8 Å². The molecule has 0 radical (unpaired) electrons. The monoisotopic (exact) mass is 329 g/mol. The van der Waals surface area contributed by atoms with Gasteiger partial charge in [0.05, 0.1) is 11.7 Å². The van der Waals surface area contributed by atoms with E-state index in [1.165, 1.54) is 19.3 Å². The number of carbonyl (C=O) groups is 1. The summed E-state index contributed by atoms with van der Waals surface area (Å²) in [7, 11) is 0. The molecule has 4 nitrogen and oxygen atoms in total. The van der Waals surface area contributed by atoms with Crippen molar-refractivity contribution in [3.8, 4) is 0 Å². The summed E-state index contributed by atoms with van der Waals surface area (Å²) in [5.41, 5.74) is 8.50. The lowest BCUT2D eigenvalue weighted by atomic mass is 9.65. The lowest BCUT2D eigenvalue weighted by Gasteiger charge is -2.43. The van der Waals surface area contributed by atoms with Crippen LogP contribution >= 0.6 is 0 Å². The smallest absolute Gasteiger partial charge is 0.223 e. The normalized spacial score (nSPS) is 30.9. The first-order valence-electron chi connectivity index (χ1n) is 9.44. The Bertz CT molecular complexity index is 572. The van der Waals surface area contributed by atoms with Gasteiger partial charge in [0.1, 0.15) is 0 Å². The van der Waals surface area contributed by atoms with Crippen molar-refractivity contribution in [2.45, 2.75) is 65.0 Å². The van der Waals surface area contributed by atoms with Crippen LogP contribution in [0.2, 0.25) is 0 Å². The van der Waals surface area contributed by atoms with E-state index in [-0.39, 0.29) is 17.9 Å². The molecule has 4 heteroatoms. The van der Waals surface area contributed by atoms with E-state index >= 15 is 0 Å². The van der Waals surface area contributed by atoms with E-state index in [1.807, 2.05) is 12.3 Å². The third-order valence-electron chi connectivity index (χ3n) is 6.09. The number of aromatic nitrogens is 1. The summed E-state index contributed by atoms with van der Waals surface area (Å²) < 4.78 is 0. The molecule has 3 unspecified atom stereocenters. The van der Waals surface area contributed by atoms with Crippen LogP contribution in [-0.2, 0) is 4.79 Å². The Kier molecular flexibility index (Phi) is 5.24. The second kappa shape index (κ2) is 7.22. The van der Waals surface area contributed by atoms with E-state index in [0.717, 1.165) is 24.1 Å². The minimum Gasteiger partial charge on any atom is -0.347 e. The summed E-state index contributed by atoms with van der Waals surface area (Å²) in [6, 6.07) is 4.30. The molecule has 0 spiro atoms. The summed E-state index contributed by atoms with van der Waals surface area (Å²) in [6.07, 6.45) is 7.38. The average molecular weight is 329 g/mol. The molecule has 3 N–H and O–H groups in total. The quantitative estimate of drug-likeness (QED) is 0.890. The molecular weight excluding hydrogens is 298 g/mol. The van der Waals surface area contributed by atoms with Crippen molar-refractivity contribution in [3.63, 3.8) is 0 Å². The number of fused-ring (bicyclic) bond motifs is 2. The molecule has 3 rings (SSSR count). The Labute approximate surface area is 145 Å². The van der Waals surface area contributed by atoms with Crippen LogP contribution in [0.15, 0.2) is 18.3 Å². The van der Waals surface area contributed by atoms with Crippen molar-refractivity contribution in [3.05, 3.63) is 29.6 Å². The minimum atomic E-state index is -0.0193. The van der Waals surface area contributed by atoms with E-state index in [1.54, 1.807) is 0 Å². The largest absolute Gasteiger partial charge is 0.347 e. The Balaban J connectivity index is 1.72. The number of aryl methyl sites for hydroxylation is 1. The summed E-state index contributed by atoms with van der Waals surface area (Å²) >= 11 is 0. The van der Waals surface area contributed by atoms with Crippen molar-refractivity contribution in [2.75, 3.05) is 0 Å². The molecular formula is C20H31N3O. The molecule has 2 fully saturated rings. The molecule has 2 bridgehead atoms. The average Bonchev–Trinajstić information content (AvgIpc) is 2.52. The highest BCUT2D eigenvalue weighted by Gasteiger charge is 2.41. The van der Waals surface area contributed by atoms with Crippen molar-refractivity contribution < 1.29 is 4.79 Å². The number of hydrogen-bond acceptors (Lipinski definition) is 3. The van der Waals surface area contributed by atoms with Crippen LogP contribution < -0.4 is 11.1 Å². The molecule has 2 saturated carbocycles. The maximum Gasteiger partial charge on any atom is 0.223 e. The molecule has 0 saturated heterocycles. The van der Waals surface area contributed by atoms with E-state index < -0.39 is 0 Å². The van der Waals surface area contributed by atoms with Crippen LogP contribution in [0, 0.1) is 30.6 Å². The second-order valence-corrected chi connectivity index (χ2v) is 8.13. The fourth-order valence-electron chi connectivity index (χ4n) is 4.65. The molecule has 1 aromatic rings. The summed E-state index contributed by atoms with van der Waals surface area (Å²) in [5.74, 6) is 1.69. The van der Waals surface area contributed by atoms with Crippen LogP contribution in [-0.4, -0.2) is 16.9 Å². The van der Waals surface area contributed by atoms with Gasteiger partial charge in [-0.05, 0) is 62.0 Å². The zero-order chi connectivity index (χ0) is 17.3. The zero-order valence-electron chi connectivity index (χ0n) is 15.2. The number of rotatable bonds is 4. The van der Waals surface area contributed by atoms with E-state index in [9.17, 15) is 4.79 Å². The Hall–Kier alpha value is -1.42. The van der Waals surface area contributed by atoms with Crippen molar-refractivity contribution in [1.82, 2.24) is 10.3 Å². The fraction of sp³-hybridized carbons (Fsp3) is 0.700. The summed E-state index contributed by atoms with van der Waals surface area (Å²) in [4.78, 5) is 17.5. The van der Waals surface area contributed by atoms with Crippen molar-refractivity contribution in [2.24, 2.45) is 29.4 Å². The third kappa shape index (κ3) is 3.49. The molecule has 0 aliphatic heterocycles. The van der Waals surface area contributed by atoms with Crippen molar-refractivity contribution in [1.29, 1.82) is 0 Å². The van der Waals surface area contributed by atoms with Gasteiger partial charge < -0.3 is 11.1 Å². The lowest BCUT2D eigenvalue weighted by molar-refractivity contribution is -0.129. The lowest BCUT2D eigenvalue weighted by Crippen LogP contribution is -2.49. The van der Waals surface area contributed by atoms with Crippen LogP contribution in [0.1, 0.15) is 63.3 Å². The first-order chi connectivity index (χ1) is 11.5. The van der Waals surface area contributed by atoms with E-state index in [2.05, 4.69) is 37.1 Å². The molecule has 3 atom stereocenters. The van der Waals surface area contributed by atoms with Gasteiger partial charge in [0.25, 0.3) is 0 Å². The maximum atomic E-state index is 13.0.